The van der Waals surface area contributed by atoms with E-state index in [4.69, 9.17) is 20.4 Å². The van der Waals surface area contributed by atoms with Gasteiger partial charge in [-0.1, -0.05) is 19.9 Å². The average molecular weight is 571 g/mol. The van der Waals surface area contributed by atoms with E-state index in [0.29, 0.717) is 11.5 Å². The molecule has 0 aromatic carbocycles. The highest BCUT2D eigenvalue weighted by atomic mass is 32.1. The highest BCUT2D eigenvalue weighted by molar-refractivity contribution is 7.10. The van der Waals surface area contributed by atoms with Gasteiger partial charge in [0, 0.05) is 75.6 Å². The van der Waals surface area contributed by atoms with Gasteiger partial charge < -0.3 is 15.4 Å². The number of piperazine rings is 1. The maximum absolute atomic E-state index is 6.24. The third-order valence-electron chi connectivity index (χ3n) is 7.59. The Morgan fingerprint density at radius 3 is 2.49 bits per heavy atom. The van der Waals surface area contributed by atoms with Crippen molar-refractivity contribution in [1.82, 2.24) is 24.6 Å². The minimum absolute atomic E-state index is 0.392. The van der Waals surface area contributed by atoms with E-state index in [9.17, 15) is 0 Å². The van der Waals surface area contributed by atoms with Crippen LogP contribution in [0.5, 0.6) is 0 Å². The first-order valence-electron chi connectivity index (χ1n) is 14.2. The largest absolute Gasteiger partial charge is 0.382 e. The molecule has 0 bridgehead atoms. The Morgan fingerprint density at radius 1 is 0.974 bits per heavy atom. The van der Waals surface area contributed by atoms with Gasteiger partial charge in [-0.15, -0.1) is 22.7 Å². The number of rotatable bonds is 10. The van der Waals surface area contributed by atoms with E-state index in [1.807, 2.05) is 6.07 Å². The maximum atomic E-state index is 6.24. The number of nitrogens with two attached hydrogens (primary N) is 1. The van der Waals surface area contributed by atoms with Gasteiger partial charge in [-0.25, -0.2) is 15.0 Å². The van der Waals surface area contributed by atoms with Crippen LogP contribution in [-0.4, -0.2) is 102 Å². The number of unbranched alkanes of at least 4 members (excludes halogenated alkanes) is 1. The van der Waals surface area contributed by atoms with Crippen LogP contribution < -0.4 is 5.73 Å². The van der Waals surface area contributed by atoms with E-state index < -0.39 is 0 Å². The van der Waals surface area contributed by atoms with Gasteiger partial charge in [-0.2, -0.15) is 0 Å². The summed E-state index contributed by atoms with van der Waals surface area (Å²) < 4.78 is 5.47. The predicted molar refractivity (Wildman–Crippen MR) is 162 cm³/mol. The first-order chi connectivity index (χ1) is 19.1. The van der Waals surface area contributed by atoms with E-state index in [0.717, 1.165) is 121 Å². The molecule has 5 heterocycles. The third kappa shape index (κ3) is 7.96. The Bertz CT molecular complexity index is 1140. The molecular formula is C28H42N8OS2. The number of hydrogen-bond acceptors (Lipinski definition) is 11. The Morgan fingerprint density at radius 2 is 1.72 bits per heavy atom. The van der Waals surface area contributed by atoms with Gasteiger partial charge in [0.2, 0.25) is 0 Å². The van der Waals surface area contributed by atoms with Crippen LogP contribution in [0, 0.1) is 0 Å². The second kappa shape index (κ2) is 14.0. The Balaban J connectivity index is 1.18. The summed E-state index contributed by atoms with van der Waals surface area (Å²) in [6.45, 7) is 19.4. The van der Waals surface area contributed by atoms with Crippen LogP contribution in [0.15, 0.2) is 39.1 Å². The molecule has 2 aromatic heterocycles. The lowest BCUT2D eigenvalue weighted by molar-refractivity contribution is 0.0296. The average Bonchev–Trinajstić information content (AvgIpc) is 3.59. The van der Waals surface area contributed by atoms with Crippen LogP contribution in [0.1, 0.15) is 41.8 Å². The molecule has 5 rings (SSSR count). The van der Waals surface area contributed by atoms with Crippen LogP contribution in [-0.2, 0) is 24.4 Å². The number of amidine groups is 2. The summed E-state index contributed by atoms with van der Waals surface area (Å²) in [6.07, 6.45) is 3.06. The number of thiazole rings is 1. The molecule has 0 spiro atoms. The van der Waals surface area contributed by atoms with Gasteiger partial charge in [-0.05, 0) is 17.9 Å². The van der Waals surface area contributed by atoms with Gasteiger partial charge in [0.1, 0.15) is 16.7 Å². The Kier molecular flexibility index (Phi) is 10.2. The van der Waals surface area contributed by atoms with Crippen molar-refractivity contribution in [1.29, 1.82) is 0 Å². The summed E-state index contributed by atoms with van der Waals surface area (Å²) >= 11 is 3.47. The molecule has 2 N–H and O–H groups in total. The van der Waals surface area contributed by atoms with E-state index in [-0.39, 0.29) is 0 Å². The van der Waals surface area contributed by atoms with E-state index >= 15 is 0 Å². The fraction of sp³-hybridized carbons (Fsp3) is 0.607. The molecule has 3 aliphatic rings. The minimum atomic E-state index is 0.392. The lowest BCUT2D eigenvalue weighted by atomic mass is 10.2. The quantitative estimate of drug-likeness (QED) is 0.466. The molecule has 0 radical (unpaired) electrons. The summed E-state index contributed by atoms with van der Waals surface area (Å²) in [4.78, 5) is 25.7. The highest BCUT2D eigenvalue weighted by Crippen LogP contribution is 2.30. The molecule has 0 atom stereocenters. The van der Waals surface area contributed by atoms with Crippen LogP contribution in [0.2, 0.25) is 0 Å². The topological polar surface area (TPSA) is 85.8 Å². The van der Waals surface area contributed by atoms with Crippen molar-refractivity contribution in [2.24, 2.45) is 15.7 Å². The molecule has 3 aliphatic heterocycles. The fourth-order valence-electron chi connectivity index (χ4n) is 5.16. The van der Waals surface area contributed by atoms with Gasteiger partial charge >= 0.3 is 0 Å². The third-order valence-corrected chi connectivity index (χ3v) is 9.37. The summed E-state index contributed by atoms with van der Waals surface area (Å²) in [5.41, 5.74) is 8.86. The second-order valence-corrected chi connectivity index (χ2v) is 12.4. The summed E-state index contributed by atoms with van der Waals surface area (Å²) in [5.74, 6) is 1.41. The van der Waals surface area contributed by atoms with Gasteiger partial charge in [0.25, 0.3) is 0 Å². The number of hydrogen-bond donors (Lipinski definition) is 1. The van der Waals surface area contributed by atoms with E-state index in [2.05, 4.69) is 48.9 Å². The van der Waals surface area contributed by atoms with Crippen molar-refractivity contribution in [3.8, 4) is 0 Å². The zero-order valence-electron chi connectivity index (χ0n) is 23.2. The summed E-state index contributed by atoms with van der Waals surface area (Å²) in [6, 6.07) is 2.03. The zero-order valence-corrected chi connectivity index (χ0v) is 24.8. The van der Waals surface area contributed by atoms with Crippen LogP contribution in [0.3, 0.4) is 0 Å². The van der Waals surface area contributed by atoms with Crippen molar-refractivity contribution in [3.63, 3.8) is 0 Å². The van der Waals surface area contributed by atoms with Crippen molar-refractivity contribution in [3.05, 3.63) is 44.7 Å². The molecule has 2 saturated heterocycles. The molecule has 0 saturated carbocycles. The lowest BCUT2D eigenvalue weighted by Gasteiger charge is -2.36. The number of thiophene rings is 1. The number of aliphatic imine (C=N–C) groups is 2. The summed E-state index contributed by atoms with van der Waals surface area (Å²) in [5, 5.41) is 5.43. The SMILES string of the molecule is C=C1/N=C(/CCCC)N(Cc2nc(CN3CCN(CCN4CCOCC4)CC3)cs2)Cc2sccc2/N=C\1N. The smallest absolute Gasteiger partial charge is 0.149 e. The summed E-state index contributed by atoms with van der Waals surface area (Å²) in [7, 11) is 0. The fourth-order valence-corrected chi connectivity index (χ4v) is 6.78. The van der Waals surface area contributed by atoms with Gasteiger partial charge in [-0.3, -0.25) is 14.7 Å². The monoisotopic (exact) mass is 570 g/mol. The normalized spacial score (nSPS) is 22.9. The number of fused-ring (bicyclic) bond motifs is 1. The van der Waals surface area contributed by atoms with Crippen molar-refractivity contribution < 1.29 is 4.74 Å². The number of ether oxygens (including phenoxy) is 1. The molecule has 0 aliphatic carbocycles. The van der Waals surface area contributed by atoms with Crippen LogP contribution >= 0.6 is 22.7 Å². The Labute approximate surface area is 240 Å². The molecule has 11 heteroatoms. The first kappa shape index (κ1) is 28.4. The minimum Gasteiger partial charge on any atom is -0.382 e. The number of morpholine rings is 1. The standard InChI is InChI=1S/C28H42N8OS2/c1-3-4-5-26-30-22(2)28(29)32-24-6-17-38-25(24)19-36(26)20-27-31-23(21-39-27)18-35-11-9-33(10-12-35)7-8-34-13-15-37-16-14-34/h6,17,21H,2-5,7-16,18-20H2,1H3,(H2,29,32)/b30-26-. The molecule has 0 amide bonds. The van der Waals surface area contributed by atoms with Crippen LogP contribution in [0.4, 0.5) is 5.69 Å². The molecule has 9 nitrogen and oxygen atoms in total. The number of aromatic nitrogens is 1. The van der Waals surface area contributed by atoms with Crippen molar-refractivity contribution in [2.45, 2.75) is 45.8 Å². The van der Waals surface area contributed by atoms with Gasteiger partial charge in [0.15, 0.2) is 0 Å². The van der Waals surface area contributed by atoms with E-state index in [1.165, 1.54) is 10.6 Å². The molecule has 0 unspecified atom stereocenters. The van der Waals surface area contributed by atoms with Crippen molar-refractivity contribution in [2.75, 3.05) is 65.6 Å². The molecule has 39 heavy (non-hydrogen) atoms. The lowest BCUT2D eigenvalue weighted by Crippen LogP contribution is -2.49. The Hall–Kier alpha value is -2.15. The molecule has 212 valence electrons. The van der Waals surface area contributed by atoms with Crippen molar-refractivity contribution >= 4 is 40.0 Å². The molecular weight excluding hydrogens is 528 g/mol. The maximum Gasteiger partial charge on any atom is 0.149 e. The van der Waals surface area contributed by atoms with Crippen LogP contribution in [0.25, 0.3) is 0 Å². The van der Waals surface area contributed by atoms with Gasteiger partial charge in [0.05, 0.1) is 43.4 Å². The highest BCUT2D eigenvalue weighted by Gasteiger charge is 2.22. The predicted octanol–water partition coefficient (Wildman–Crippen LogP) is 3.76. The zero-order chi connectivity index (χ0) is 27.0. The second-order valence-electron chi connectivity index (χ2n) is 10.5. The molecule has 2 aromatic rings. The first-order valence-corrected chi connectivity index (χ1v) is 15.9. The van der Waals surface area contributed by atoms with E-state index in [1.54, 1.807) is 22.7 Å². The molecule has 2 fully saturated rings. The number of nitrogens with zero attached hydrogens (tertiary/aromatic N) is 7.